The zero-order valence-corrected chi connectivity index (χ0v) is 16.2. The Hall–Kier alpha value is -3.73. The maximum absolute atomic E-state index is 13.1. The lowest BCUT2D eigenvalue weighted by atomic mass is 9.97. The van der Waals surface area contributed by atoms with E-state index < -0.39 is 0 Å². The van der Waals surface area contributed by atoms with Crippen molar-refractivity contribution < 1.29 is 9.59 Å². The van der Waals surface area contributed by atoms with Crippen LogP contribution >= 0.6 is 0 Å². The maximum Gasteiger partial charge on any atom is 0.256 e. The fourth-order valence-corrected chi connectivity index (χ4v) is 3.23. The summed E-state index contributed by atoms with van der Waals surface area (Å²) in [5, 5.41) is 2.91. The SMILES string of the molecule is CC(C)c1cccc(NC(=O)c2ccccc2C(=O)c2ccc3n[c][nH]c3c2)c1. The zero-order valence-electron chi connectivity index (χ0n) is 16.2. The summed E-state index contributed by atoms with van der Waals surface area (Å²) in [5.74, 6) is -0.177. The molecule has 5 heteroatoms. The summed E-state index contributed by atoms with van der Waals surface area (Å²) in [5.41, 5.74) is 4.48. The van der Waals surface area contributed by atoms with Crippen LogP contribution < -0.4 is 5.32 Å². The summed E-state index contributed by atoms with van der Waals surface area (Å²) in [4.78, 5) is 33.0. The standard InChI is InChI=1S/C24H20N3O2/c1-15(2)16-6-5-7-18(12-16)27-24(29)20-9-4-3-8-19(20)23(28)17-10-11-21-22(13-17)26-14-25-21/h3-13,15H,1-2H3,(H,25,26)(H,27,29). The summed E-state index contributed by atoms with van der Waals surface area (Å²) in [7, 11) is 0. The Labute approximate surface area is 168 Å². The minimum absolute atomic E-state index is 0.219. The van der Waals surface area contributed by atoms with Crippen molar-refractivity contribution in [1.29, 1.82) is 0 Å². The minimum Gasteiger partial charge on any atom is -0.335 e. The second-order valence-corrected chi connectivity index (χ2v) is 7.19. The van der Waals surface area contributed by atoms with E-state index in [-0.39, 0.29) is 11.7 Å². The Kier molecular flexibility index (Phi) is 4.96. The predicted octanol–water partition coefficient (Wildman–Crippen LogP) is 4.97. The normalized spacial score (nSPS) is 11.0. The molecule has 143 valence electrons. The number of carbonyl (C=O) groups is 2. The number of rotatable bonds is 5. The van der Waals surface area contributed by atoms with Gasteiger partial charge in [-0.1, -0.05) is 44.2 Å². The first-order valence-corrected chi connectivity index (χ1v) is 9.44. The molecule has 1 radical (unpaired) electrons. The lowest BCUT2D eigenvalue weighted by Gasteiger charge is -2.12. The van der Waals surface area contributed by atoms with Gasteiger partial charge in [0.25, 0.3) is 5.91 Å². The van der Waals surface area contributed by atoms with Crippen molar-refractivity contribution in [1.82, 2.24) is 9.97 Å². The van der Waals surface area contributed by atoms with Crippen LogP contribution in [0.3, 0.4) is 0 Å². The van der Waals surface area contributed by atoms with Gasteiger partial charge in [0.2, 0.25) is 0 Å². The van der Waals surface area contributed by atoms with E-state index in [0.717, 1.165) is 16.6 Å². The van der Waals surface area contributed by atoms with Crippen LogP contribution in [0.2, 0.25) is 0 Å². The third-order valence-electron chi connectivity index (χ3n) is 4.85. The first-order chi connectivity index (χ1) is 14.0. The summed E-state index contributed by atoms with van der Waals surface area (Å²) in [6.45, 7) is 4.20. The third kappa shape index (κ3) is 3.80. The van der Waals surface area contributed by atoms with Gasteiger partial charge in [0.05, 0.1) is 16.6 Å². The summed E-state index contributed by atoms with van der Waals surface area (Å²) >= 11 is 0. The van der Waals surface area contributed by atoms with Crippen LogP contribution in [0.4, 0.5) is 5.69 Å². The lowest BCUT2D eigenvalue weighted by molar-refractivity contribution is 0.0996. The molecular formula is C24H20N3O2. The van der Waals surface area contributed by atoms with Crippen molar-refractivity contribution in [2.45, 2.75) is 19.8 Å². The van der Waals surface area contributed by atoms with Crippen LogP contribution in [-0.2, 0) is 0 Å². The fourth-order valence-electron chi connectivity index (χ4n) is 3.23. The van der Waals surface area contributed by atoms with Crippen molar-refractivity contribution in [3.63, 3.8) is 0 Å². The first-order valence-electron chi connectivity index (χ1n) is 9.44. The van der Waals surface area contributed by atoms with E-state index in [9.17, 15) is 9.59 Å². The quantitative estimate of drug-likeness (QED) is 0.479. The molecule has 0 aliphatic heterocycles. The molecule has 2 N–H and O–H groups in total. The Morgan fingerprint density at radius 3 is 2.55 bits per heavy atom. The highest BCUT2D eigenvalue weighted by molar-refractivity contribution is 6.18. The number of hydrogen-bond acceptors (Lipinski definition) is 3. The van der Waals surface area contributed by atoms with Gasteiger partial charge in [0.1, 0.15) is 0 Å². The van der Waals surface area contributed by atoms with Gasteiger partial charge in [-0.15, -0.1) is 0 Å². The predicted molar refractivity (Wildman–Crippen MR) is 113 cm³/mol. The molecular weight excluding hydrogens is 362 g/mol. The molecule has 0 bridgehead atoms. The summed E-state index contributed by atoms with van der Waals surface area (Å²) < 4.78 is 0. The van der Waals surface area contributed by atoms with Gasteiger partial charge in [-0.05, 0) is 47.9 Å². The average Bonchev–Trinajstić information content (AvgIpc) is 3.21. The van der Waals surface area contributed by atoms with Crippen LogP contribution in [0.1, 0.15) is 51.6 Å². The van der Waals surface area contributed by atoms with Gasteiger partial charge in [-0.2, -0.15) is 0 Å². The Morgan fingerprint density at radius 1 is 0.966 bits per heavy atom. The van der Waals surface area contributed by atoms with Gasteiger partial charge >= 0.3 is 0 Å². The molecule has 4 aromatic rings. The van der Waals surface area contributed by atoms with Crippen LogP contribution in [0.5, 0.6) is 0 Å². The number of imidazole rings is 1. The molecule has 0 fully saturated rings. The second-order valence-electron chi connectivity index (χ2n) is 7.19. The molecule has 5 nitrogen and oxygen atoms in total. The fraction of sp³-hybridized carbons (Fsp3) is 0.125. The molecule has 0 aliphatic rings. The number of aromatic nitrogens is 2. The average molecular weight is 382 g/mol. The molecule has 0 saturated carbocycles. The Balaban J connectivity index is 1.64. The zero-order chi connectivity index (χ0) is 20.4. The van der Waals surface area contributed by atoms with E-state index >= 15 is 0 Å². The van der Waals surface area contributed by atoms with Crippen LogP contribution in [0.15, 0.2) is 66.7 Å². The molecule has 29 heavy (non-hydrogen) atoms. The van der Waals surface area contributed by atoms with E-state index in [4.69, 9.17) is 0 Å². The molecule has 4 rings (SSSR count). The van der Waals surface area contributed by atoms with Crippen LogP contribution in [0.25, 0.3) is 11.0 Å². The van der Waals surface area contributed by atoms with Crippen LogP contribution in [0, 0.1) is 6.33 Å². The van der Waals surface area contributed by atoms with Gasteiger partial charge in [-0.3, -0.25) is 9.59 Å². The first kappa shape index (κ1) is 18.6. The topological polar surface area (TPSA) is 74.8 Å². The van der Waals surface area contributed by atoms with Crippen molar-refractivity contribution in [3.05, 3.63) is 95.3 Å². The van der Waals surface area contributed by atoms with E-state index in [1.807, 2.05) is 24.3 Å². The molecule has 1 amide bonds. The number of nitrogens with zero attached hydrogens (tertiary/aromatic N) is 1. The van der Waals surface area contributed by atoms with Gasteiger partial charge in [-0.25, -0.2) is 4.98 Å². The van der Waals surface area contributed by atoms with Gasteiger partial charge in [0, 0.05) is 16.8 Å². The molecule has 0 unspecified atom stereocenters. The second kappa shape index (κ2) is 7.72. The van der Waals surface area contributed by atoms with E-state index in [1.54, 1.807) is 42.5 Å². The van der Waals surface area contributed by atoms with Crippen molar-refractivity contribution >= 4 is 28.4 Å². The number of H-pyrrole nitrogens is 1. The molecule has 0 spiro atoms. The third-order valence-corrected chi connectivity index (χ3v) is 4.85. The largest absolute Gasteiger partial charge is 0.335 e. The number of benzene rings is 3. The molecule has 0 aliphatic carbocycles. The van der Waals surface area contributed by atoms with Crippen molar-refractivity contribution in [3.8, 4) is 0 Å². The van der Waals surface area contributed by atoms with Crippen LogP contribution in [-0.4, -0.2) is 21.7 Å². The highest BCUT2D eigenvalue weighted by atomic mass is 16.2. The summed E-state index contributed by atoms with van der Waals surface area (Å²) in [6.07, 6.45) is 2.66. The summed E-state index contributed by atoms with van der Waals surface area (Å²) in [6, 6.07) is 19.8. The van der Waals surface area contributed by atoms with Gasteiger partial charge in [0.15, 0.2) is 12.1 Å². The Bertz CT molecular complexity index is 1210. The van der Waals surface area contributed by atoms with Crippen molar-refractivity contribution in [2.24, 2.45) is 0 Å². The lowest BCUT2D eigenvalue weighted by Crippen LogP contribution is -2.17. The number of carbonyl (C=O) groups excluding carboxylic acids is 2. The molecule has 1 aromatic heterocycles. The molecule has 0 atom stereocenters. The Morgan fingerprint density at radius 2 is 1.76 bits per heavy atom. The van der Waals surface area contributed by atoms with E-state index in [0.29, 0.717) is 28.3 Å². The highest BCUT2D eigenvalue weighted by Crippen LogP contribution is 2.21. The number of fused-ring (bicyclic) bond motifs is 1. The van der Waals surface area contributed by atoms with Gasteiger partial charge < -0.3 is 10.3 Å². The minimum atomic E-state index is -0.314. The number of nitrogens with one attached hydrogen (secondary N) is 2. The molecule has 1 heterocycles. The smallest absolute Gasteiger partial charge is 0.256 e. The maximum atomic E-state index is 13.1. The number of hydrogen-bond donors (Lipinski definition) is 2. The number of amides is 1. The number of ketones is 1. The van der Waals surface area contributed by atoms with E-state index in [1.165, 1.54) is 0 Å². The number of anilines is 1. The number of aromatic amines is 1. The van der Waals surface area contributed by atoms with E-state index in [2.05, 4.69) is 35.5 Å². The van der Waals surface area contributed by atoms with Crippen molar-refractivity contribution in [2.75, 3.05) is 5.32 Å². The molecule has 3 aromatic carbocycles. The highest BCUT2D eigenvalue weighted by Gasteiger charge is 2.19. The monoisotopic (exact) mass is 382 g/mol. The molecule has 0 saturated heterocycles.